The van der Waals surface area contributed by atoms with Crippen molar-refractivity contribution < 1.29 is 13.2 Å². The molecular formula is C19H20ClN3O3S3. The van der Waals surface area contributed by atoms with E-state index in [-0.39, 0.29) is 15.8 Å². The summed E-state index contributed by atoms with van der Waals surface area (Å²) in [5.74, 6) is -0.337. The molecule has 0 aliphatic carbocycles. The summed E-state index contributed by atoms with van der Waals surface area (Å²) in [6, 6.07) is 8.34. The molecule has 29 heavy (non-hydrogen) atoms. The first-order chi connectivity index (χ1) is 13.8. The van der Waals surface area contributed by atoms with Crippen LogP contribution in [0.15, 0.2) is 40.6 Å². The summed E-state index contributed by atoms with van der Waals surface area (Å²) < 4.78 is 27.0. The Hall–Kier alpha value is -1.78. The number of hydrogen-bond donors (Lipinski definition) is 1. The van der Waals surface area contributed by atoms with Crippen molar-refractivity contribution >= 4 is 55.9 Å². The van der Waals surface area contributed by atoms with E-state index in [1.54, 1.807) is 38.2 Å². The Morgan fingerprint density at radius 3 is 2.59 bits per heavy atom. The van der Waals surface area contributed by atoms with Gasteiger partial charge in [-0.25, -0.2) is 13.4 Å². The van der Waals surface area contributed by atoms with Gasteiger partial charge in [0.05, 0.1) is 15.6 Å². The van der Waals surface area contributed by atoms with Crippen LogP contribution >= 0.6 is 34.3 Å². The fourth-order valence-corrected chi connectivity index (χ4v) is 6.50. The Kier molecular flexibility index (Phi) is 6.75. The standard InChI is InChI=1S/C19H20ClN3O3S3/c1-4-23(5-2)29(25,26)16-11-13(8-9-14(16)20)22-18(24)17-12(3)21-19(28-17)15-7-6-10-27-15/h6-11H,4-5H2,1-3H3,(H,22,24). The molecule has 2 heterocycles. The van der Waals surface area contributed by atoms with Gasteiger partial charge in [-0.05, 0) is 36.6 Å². The summed E-state index contributed by atoms with van der Waals surface area (Å²) in [7, 11) is -3.75. The van der Waals surface area contributed by atoms with E-state index < -0.39 is 10.0 Å². The number of halogens is 1. The predicted octanol–water partition coefficient (Wildman–Crippen LogP) is 5.12. The van der Waals surface area contributed by atoms with E-state index in [4.69, 9.17) is 11.6 Å². The molecule has 0 unspecified atom stereocenters. The number of nitrogens with one attached hydrogen (secondary N) is 1. The van der Waals surface area contributed by atoms with Crippen molar-refractivity contribution in [3.8, 4) is 9.88 Å². The lowest BCUT2D eigenvalue weighted by Crippen LogP contribution is -2.30. The van der Waals surface area contributed by atoms with Crippen molar-refractivity contribution in [1.82, 2.24) is 9.29 Å². The number of thiophene rings is 1. The first kappa shape index (κ1) is 21.9. The van der Waals surface area contributed by atoms with Crippen LogP contribution in [0.25, 0.3) is 9.88 Å². The van der Waals surface area contributed by atoms with Crippen LogP contribution in [0.1, 0.15) is 29.2 Å². The van der Waals surface area contributed by atoms with Crippen molar-refractivity contribution in [2.24, 2.45) is 0 Å². The quantitative estimate of drug-likeness (QED) is 0.521. The average Bonchev–Trinajstić information content (AvgIpc) is 3.33. The second-order valence-electron chi connectivity index (χ2n) is 6.10. The molecule has 1 amide bonds. The summed E-state index contributed by atoms with van der Waals surface area (Å²) in [5, 5.41) is 5.62. The summed E-state index contributed by atoms with van der Waals surface area (Å²) in [4.78, 5) is 18.7. The molecule has 3 rings (SSSR count). The minimum Gasteiger partial charge on any atom is -0.321 e. The zero-order chi connectivity index (χ0) is 21.2. The fraction of sp³-hybridized carbons (Fsp3) is 0.263. The molecule has 154 valence electrons. The van der Waals surface area contributed by atoms with Gasteiger partial charge in [-0.3, -0.25) is 4.79 Å². The normalized spacial score (nSPS) is 11.8. The number of hydrogen-bond acceptors (Lipinski definition) is 6. The van der Waals surface area contributed by atoms with Crippen LogP contribution in [-0.4, -0.2) is 36.7 Å². The van der Waals surface area contributed by atoms with E-state index in [9.17, 15) is 13.2 Å². The molecular weight excluding hydrogens is 450 g/mol. The predicted molar refractivity (Wildman–Crippen MR) is 120 cm³/mol. The van der Waals surface area contributed by atoms with E-state index in [0.29, 0.717) is 29.3 Å². The van der Waals surface area contributed by atoms with Crippen LogP contribution in [0, 0.1) is 6.92 Å². The maximum absolute atomic E-state index is 12.8. The van der Waals surface area contributed by atoms with Gasteiger partial charge in [0.25, 0.3) is 5.91 Å². The fourth-order valence-electron chi connectivity index (χ4n) is 2.78. The number of aryl methyl sites for hydroxylation is 1. The highest BCUT2D eigenvalue weighted by molar-refractivity contribution is 7.89. The lowest BCUT2D eigenvalue weighted by atomic mass is 10.3. The molecule has 0 radical (unpaired) electrons. The number of carbonyl (C=O) groups excluding carboxylic acids is 1. The molecule has 0 aliphatic rings. The molecule has 0 spiro atoms. The third-order valence-electron chi connectivity index (χ3n) is 4.25. The van der Waals surface area contributed by atoms with Crippen LogP contribution in [0.4, 0.5) is 5.69 Å². The molecule has 3 aromatic rings. The van der Waals surface area contributed by atoms with Crippen molar-refractivity contribution in [1.29, 1.82) is 0 Å². The summed E-state index contributed by atoms with van der Waals surface area (Å²) in [5.41, 5.74) is 0.983. The average molecular weight is 470 g/mol. The first-order valence-corrected chi connectivity index (χ1v) is 12.4. The van der Waals surface area contributed by atoms with Crippen molar-refractivity contribution in [2.75, 3.05) is 18.4 Å². The highest BCUT2D eigenvalue weighted by atomic mass is 35.5. The van der Waals surface area contributed by atoms with E-state index in [0.717, 1.165) is 9.88 Å². The van der Waals surface area contributed by atoms with E-state index in [2.05, 4.69) is 10.3 Å². The van der Waals surface area contributed by atoms with Crippen molar-refractivity contribution in [2.45, 2.75) is 25.7 Å². The van der Waals surface area contributed by atoms with Crippen molar-refractivity contribution in [3.63, 3.8) is 0 Å². The zero-order valence-corrected chi connectivity index (χ0v) is 19.3. The molecule has 0 saturated heterocycles. The minimum absolute atomic E-state index is 0.0269. The largest absolute Gasteiger partial charge is 0.321 e. The second-order valence-corrected chi connectivity index (χ2v) is 10.4. The molecule has 0 atom stereocenters. The SMILES string of the molecule is CCN(CC)S(=O)(=O)c1cc(NC(=O)c2sc(-c3cccs3)nc2C)ccc1Cl. The van der Waals surface area contributed by atoms with Gasteiger partial charge in [0.15, 0.2) is 0 Å². The lowest BCUT2D eigenvalue weighted by molar-refractivity contribution is 0.102. The molecule has 0 fully saturated rings. The lowest BCUT2D eigenvalue weighted by Gasteiger charge is -2.19. The minimum atomic E-state index is -3.75. The van der Waals surface area contributed by atoms with E-state index in [1.165, 1.54) is 27.8 Å². The molecule has 1 aromatic carbocycles. The number of amides is 1. The topological polar surface area (TPSA) is 79.4 Å². The Labute approximate surface area is 183 Å². The van der Waals surface area contributed by atoms with Crippen LogP contribution in [-0.2, 0) is 10.0 Å². The Morgan fingerprint density at radius 1 is 1.24 bits per heavy atom. The first-order valence-electron chi connectivity index (χ1n) is 8.90. The highest BCUT2D eigenvalue weighted by Gasteiger charge is 2.25. The number of benzene rings is 1. The second kappa shape index (κ2) is 8.93. The Morgan fingerprint density at radius 2 is 1.97 bits per heavy atom. The van der Waals surface area contributed by atoms with Gasteiger partial charge >= 0.3 is 0 Å². The zero-order valence-electron chi connectivity index (χ0n) is 16.1. The van der Waals surface area contributed by atoms with Crippen LogP contribution in [0.2, 0.25) is 5.02 Å². The van der Waals surface area contributed by atoms with E-state index in [1.807, 2.05) is 17.5 Å². The van der Waals surface area contributed by atoms with Crippen LogP contribution in [0.3, 0.4) is 0 Å². The Bertz CT molecular complexity index is 1120. The van der Waals surface area contributed by atoms with Gasteiger partial charge in [-0.15, -0.1) is 22.7 Å². The molecule has 2 aromatic heterocycles. The van der Waals surface area contributed by atoms with Gasteiger partial charge in [0.1, 0.15) is 14.8 Å². The summed E-state index contributed by atoms with van der Waals surface area (Å²) in [6.45, 7) is 5.96. The molecule has 0 bridgehead atoms. The number of thiazole rings is 1. The number of aromatic nitrogens is 1. The molecule has 0 saturated carbocycles. The van der Waals surface area contributed by atoms with Gasteiger partial charge < -0.3 is 5.32 Å². The number of anilines is 1. The number of sulfonamides is 1. The maximum Gasteiger partial charge on any atom is 0.267 e. The van der Waals surface area contributed by atoms with Crippen LogP contribution < -0.4 is 5.32 Å². The van der Waals surface area contributed by atoms with Gasteiger partial charge in [0, 0.05) is 18.8 Å². The van der Waals surface area contributed by atoms with Gasteiger partial charge in [-0.2, -0.15) is 4.31 Å². The Balaban J connectivity index is 1.89. The van der Waals surface area contributed by atoms with Gasteiger partial charge in [-0.1, -0.05) is 31.5 Å². The van der Waals surface area contributed by atoms with Gasteiger partial charge in [0.2, 0.25) is 10.0 Å². The summed E-state index contributed by atoms with van der Waals surface area (Å²) >= 11 is 9.01. The molecule has 1 N–H and O–H groups in total. The van der Waals surface area contributed by atoms with E-state index >= 15 is 0 Å². The molecule has 6 nitrogen and oxygen atoms in total. The third kappa shape index (κ3) is 4.54. The number of nitrogens with zero attached hydrogens (tertiary/aromatic N) is 2. The number of carbonyl (C=O) groups is 1. The molecule has 0 aliphatic heterocycles. The maximum atomic E-state index is 12.8. The van der Waals surface area contributed by atoms with Crippen molar-refractivity contribution in [3.05, 3.63) is 51.3 Å². The number of rotatable bonds is 7. The third-order valence-corrected chi connectivity index (χ3v) is 8.97. The summed E-state index contributed by atoms with van der Waals surface area (Å²) in [6.07, 6.45) is 0. The van der Waals surface area contributed by atoms with Crippen LogP contribution in [0.5, 0.6) is 0 Å². The highest BCUT2D eigenvalue weighted by Crippen LogP contribution is 2.32. The molecule has 10 heteroatoms. The monoisotopic (exact) mass is 469 g/mol. The smallest absolute Gasteiger partial charge is 0.267 e.